The van der Waals surface area contributed by atoms with Gasteiger partial charge in [-0.3, -0.25) is 0 Å². The molecule has 0 radical (unpaired) electrons. The van der Waals surface area contributed by atoms with E-state index in [2.05, 4.69) is 139 Å². The lowest BCUT2D eigenvalue weighted by atomic mass is 10.1. The number of esters is 1. The number of nitrogens with zero attached hydrogens (tertiary/aromatic N) is 13. The minimum Gasteiger partial charge on any atom is -0.476 e. The maximum atomic E-state index is 12.4. The number of ether oxygens (including phenoxy) is 2. The molecule has 0 spiro atoms. The van der Waals surface area contributed by atoms with Crippen molar-refractivity contribution in [2.24, 2.45) is 0 Å². The lowest BCUT2D eigenvalue weighted by Crippen LogP contribution is -2.22. The molecular formula is C40H38Br3N15O5Si. The summed E-state index contributed by atoms with van der Waals surface area (Å²) >= 11 is 9.59. The Morgan fingerprint density at radius 2 is 1.16 bits per heavy atom. The fraction of sp³-hybridized carbons (Fsp3) is 0.200. The van der Waals surface area contributed by atoms with E-state index in [0.717, 1.165) is 37.6 Å². The van der Waals surface area contributed by atoms with Crippen LogP contribution in [0.25, 0.3) is 56.4 Å². The molecular weight excluding hydrogens is 1040 g/mol. The number of aromatic carboxylic acids is 1. The van der Waals surface area contributed by atoms with Crippen molar-refractivity contribution >= 4 is 67.8 Å². The highest BCUT2D eigenvalue weighted by atomic mass is 79.9. The van der Waals surface area contributed by atoms with Gasteiger partial charge in [-0.2, -0.15) is 35.6 Å². The van der Waals surface area contributed by atoms with Gasteiger partial charge in [0.2, 0.25) is 0 Å². The van der Waals surface area contributed by atoms with Gasteiger partial charge in [0.25, 0.3) is 0 Å². The highest BCUT2D eigenvalue weighted by Gasteiger charge is 2.22. The van der Waals surface area contributed by atoms with E-state index in [0.29, 0.717) is 39.5 Å². The average molecular weight is 1080 g/mol. The molecule has 0 saturated carbocycles. The molecule has 8 rings (SSSR count). The molecule has 2 aromatic carbocycles. The molecule has 0 aliphatic carbocycles. The lowest BCUT2D eigenvalue weighted by molar-refractivity contribution is 0.0507. The Morgan fingerprint density at radius 1 is 0.625 bits per heavy atom. The summed E-state index contributed by atoms with van der Waals surface area (Å²) in [6.07, 6.45) is 1.57. The van der Waals surface area contributed by atoms with Crippen molar-refractivity contribution < 1.29 is 24.2 Å². The topological polar surface area (TPSA) is 264 Å². The third-order valence-corrected chi connectivity index (χ3v) is 11.5. The molecule has 20 nitrogen and oxygen atoms in total. The highest BCUT2D eigenvalue weighted by molar-refractivity contribution is 9.11. The van der Waals surface area contributed by atoms with E-state index < -0.39 is 20.0 Å². The van der Waals surface area contributed by atoms with Crippen molar-refractivity contribution in [2.45, 2.75) is 39.3 Å². The lowest BCUT2D eigenvalue weighted by Gasteiger charge is -2.14. The molecule has 328 valence electrons. The largest absolute Gasteiger partial charge is 0.476 e. The number of H-pyrrole nitrogens is 2. The summed E-state index contributed by atoms with van der Waals surface area (Å²) in [5, 5.41) is 61.9. The van der Waals surface area contributed by atoms with Crippen molar-refractivity contribution in [1.82, 2.24) is 76.4 Å². The third kappa shape index (κ3) is 13.3. The fourth-order valence-corrected chi connectivity index (χ4v) is 6.75. The third-order valence-electron chi connectivity index (χ3n) is 8.56. The Bertz CT molecular complexity index is 2710. The highest BCUT2D eigenvalue weighted by Crippen LogP contribution is 2.27. The van der Waals surface area contributed by atoms with Crippen LogP contribution in [0.3, 0.4) is 0 Å². The van der Waals surface area contributed by atoms with Crippen molar-refractivity contribution in [2.75, 3.05) is 13.2 Å². The number of hydrogen-bond donors (Lipinski definition) is 3. The van der Waals surface area contributed by atoms with Crippen LogP contribution in [0.5, 0.6) is 0 Å². The molecule has 6 heterocycles. The first-order valence-electron chi connectivity index (χ1n) is 19.2. The summed E-state index contributed by atoms with van der Waals surface area (Å²) in [5.41, 5.74) is 6.59. The van der Waals surface area contributed by atoms with Crippen LogP contribution in [0.4, 0.5) is 0 Å². The van der Waals surface area contributed by atoms with Gasteiger partial charge in [0, 0.05) is 36.9 Å². The van der Waals surface area contributed by atoms with Crippen LogP contribution in [-0.2, 0) is 16.2 Å². The second kappa shape index (κ2) is 22.3. The van der Waals surface area contributed by atoms with Gasteiger partial charge in [-0.05, 0) is 97.2 Å². The second-order valence-electron chi connectivity index (χ2n) is 14.4. The quantitative estimate of drug-likeness (QED) is 0.0560. The molecule has 24 heteroatoms. The zero-order valence-electron chi connectivity index (χ0n) is 34.5. The standard InChI is InChI=1S/C21H26BrN5O3Si.C15H10N8O2.C4H2Br2N2/c1-5-30-21(28)20-19(25-27(26-20)14-29-12-13-31(2,3)4)16-8-6-15(7-9-16)17-10-11-18(22)24-23-17;24-15(25)14-13(20-23-21-14)9-3-1-8(2-4-9)10-5-6-11(18-17-10)12-7-16-22-19-12;5-3-1-2-4(6)8-7-3/h6-11H,5,12-14H2,1-4H3;1-7H,(H,24,25)(H,16,19,22)(H,20,21,23);1-2H. The minimum atomic E-state index is -1.18. The number of carboxylic acids is 1. The summed E-state index contributed by atoms with van der Waals surface area (Å²) < 4.78 is 13.1. The summed E-state index contributed by atoms with van der Waals surface area (Å²) in [4.78, 5) is 25.0. The minimum absolute atomic E-state index is 0.121. The van der Waals surface area contributed by atoms with Crippen LogP contribution in [0.1, 0.15) is 27.9 Å². The summed E-state index contributed by atoms with van der Waals surface area (Å²) in [5.74, 6) is -1.64. The van der Waals surface area contributed by atoms with E-state index in [4.69, 9.17) is 14.6 Å². The van der Waals surface area contributed by atoms with Crippen LogP contribution in [0, 0.1) is 0 Å². The van der Waals surface area contributed by atoms with E-state index in [9.17, 15) is 9.59 Å². The summed E-state index contributed by atoms with van der Waals surface area (Å²) in [6, 6.07) is 26.7. The van der Waals surface area contributed by atoms with Gasteiger partial charge in [0.15, 0.2) is 18.1 Å². The van der Waals surface area contributed by atoms with Crippen LogP contribution >= 0.6 is 47.8 Å². The number of nitrogens with one attached hydrogen (secondary N) is 2. The van der Waals surface area contributed by atoms with Gasteiger partial charge >= 0.3 is 11.9 Å². The molecule has 3 N–H and O–H groups in total. The molecule has 0 aliphatic heterocycles. The van der Waals surface area contributed by atoms with Gasteiger partial charge in [-0.15, -0.1) is 40.8 Å². The van der Waals surface area contributed by atoms with Gasteiger partial charge in [-0.25, -0.2) is 9.59 Å². The molecule has 0 fully saturated rings. The molecule has 0 aliphatic rings. The van der Waals surface area contributed by atoms with Crippen LogP contribution in [0.2, 0.25) is 25.7 Å². The van der Waals surface area contributed by atoms with E-state index >= 15 is 0 Å². The zero-order valence-corrected chi connectivity index (χ0v) is 40.3. The number of carbonyl (C=O) groups is 2. The molecule has 0 atom stereocenters. The molecule has 64 heavy (non-hydrogen) atoms. The normalized spacial score (nSPS) is 10.9. The maximum absolute atomic E-state index is 12.4. The number of carboxylic acid groups (broad SMARTS) is 1. The molecule has 0 unspecified atom stereocenters. The maximum Gasteiger partial charge on any atom is 0.361 e. The number of aromatic nitrogens is 15. The second-order valence-corrected chi connectivity index (χ2v) is 22.5. The van der Waals surface area contributed by atoms with Gasteiger partial charge in [-0.1, -0.05) is 68.2 Å². The van der Waals surface area contributed by atoms with Crippen molar-refractivity contribution in [3.63, 3.8) is 0 Å². The summed E-state index contributed by atoms with van der Waals surface area (Å²) in [7, 11) is -1.18. The first-order valence-corrected chi connectivity index (χ1v) is 25.3. The molecule has 0 amide bonds. The van der Waals surface area contributed by atoms with Gasteiger partial charge in [0.1, 0.15) is 36.6 Å². The average Bonchev–Trinajstić information content (AvgIpc) is 4.10. The van der Waals surface area contributed by atoms with E-state index in [1.54, 1.807) is 31.3 Å². The smallest absolute Gasteiger partial charge is 0.361 e. The Morgan fingerprint density at radius 3 is 1.66 bits per heavy atom. The van der Waals surface area contributed by atoms with E-state index in [-0.39, 0.29) is 30.4 Å². The predicted molar refractivity (Wildman–Crippen MR) is 247 cm³/mol. The number of benzene rings is 2. The van der Waals surface area contributed by atoms with E-state index in [1.807, 2.05) is 66.7 Å². The van der Waals surface area contributed by atoms with Gasteiger partial charge < -0.3 is 14.6 Å². The Hall–Kier alpha value is -6.34. The van der Waals surface area contributed by atoms with Crippen LogP contribution in [0.15, 0.2) is 105 Å². The fourth-order valence-electron chi connectivity index (χ4n) is 5.36. The zero-order chi connectivity index (χ0) is 45.6. The number of hydrogen-bond acceptors (Lipinski definition) is 16. The van der Waals surface area contributed by atoms with E-state index in [1.165, 1.54) is 4.80 Å². The Kier molecular flexibility index (Phi) is 16.4. The Labute approximate surface area is 391 Å². The number of aromatic amines is 2. The predicted octanol–water partition coefficient (Wildman–Crippen LogP) is 8.07. The molecule has 0 bridgehead atoms. The first-order chi connectivity index (χ1) is 30.8. The number of rotatable bonds is 13. The van der Waals surface area contributed by atoms with Crippen LogP contribution in [-0.4, -0.2) is 115 Å². The monoisotopic (exact) mass is 1070 g/mol. The Balaban J connectivity index is 0.000000183. The molecule has 6 aromatic heterocycles. The number of carbonyl (C=O) groups excluding carboxylic acids is 1. The van der Waals surface area contributed by atoms with Crippen LogP contribution < -0.4 is 0 Å². The number of halogens is 3. The van der Waals surface area contributed by atoms with Crippen molar-refractivity contribution in [1.29, 1.82) is 0 Å². The van der Waals surface area contributed by atoms with Gasteiger partial charge in [0.05, 0.1) is 24.2 Å². The first kappa shape index (κ1) is 47.1. The van der Waals surface area contributed by atoms with Crippen molar-refractivity contribution in [3.05, 3.63) is 116 Å². The SMILES string of the molecule is Brc1ccc(Br)nn1.CCOC(=O)c1nn(COCC[Si](C)(C)C)nc1-c1ccc(-c2ccc(Br)nn2)cc1.O=C(O)c1n[nH]nc1-c1ccc(-c2ccc(-c3cn[nH]n3)nn2)cc1. The molecule has 0 saturated heterocycles. The molecule has 8 aromatic rings. The van der Waals surface area contributed by atoms with Crippen molar-refractivity contribution in [3.8, 4) is 56.4 Å². The summed E-state index contributed by atoms with van der Waals surface area (Å²) in [6.45, 7) is 9.73.